The summed E-state index contributed by atoms with van der Waals surface area (Å²) in [7, 11) is 0. The van der Waals surface area contributed by atoms with Crippen LogP contribution in [0.5, 0.6) is 0 Å². The van der Waals surface area contributed by atoms with Crippen molar-refractivity contribution in [3.63, 3.8) is 0 Å². The van der Waals surface area contributed by atoms with Gasteiger partial charge < -0.3 is 4.90 Å². The van der Waals surface area contributed by atoms with Crippen molar-refractivity contribution in [2.24, 2.45) is 0 Å². The summed E-state index contributed by atoms with van der Waals surface area (Å²) < 4.78 is 64.1. The maximum absolute atomic E-state index is 13.1. The minimum atomic E-state index is -4.36. The van der Waals surface area contributed by atoms with E-state index >= 15 is 0 Å². The summed E-state index contributed by atoms with van der Waals surface area (Å²) in [4.78, 5) is 15.7. The summed E-state index contributed by atoms with van der Waals surface area (Å²) in [6, 6.07) is 7.83. The van der Waals surface area contributed by atoms with E-state index in [0.717, 1.165) is 35.9 Å². The predicted octanol–water partition coefficient (Wildman–Crippen LogP) is 3.68. The van der Waals surface area contributed by atoms with Gasteiger partial charge in [0.15, 0.2) is 0 Å². The molecule has 0 N–H and O–H groups in total. The van der Waals surface area contributed by atoms with Gasteiger partial charge in [0.2, 0.25) is 0 Å². The molecule has 1 aliphatic heterocycles. The Hall–Kier alpha value is -2.92. The lowest BCUT2D eigenvalue weighted by atomic mass is 10.1. The Kier molecular flexibility index (Phi) is 6.18. The third-order valence-corrected chi connectivity index (χ3v) is 4.52. The van der Waals surface area contributed by atoms with Crippen molar-refractivity contribution in [1.82, 2.24) is 9.80 Å². The van der Waals surface area contributed by atoms with Crippen LogP contribution in [0.2, 0.25) is 0 Å². The van der Waals surface area contributed by atoms with Crippen molar-refractivity contribution < 1.29 is 26.7 Å². The minimum Gasteiger partial charge on any atom is -0.329 e. The second-order valence-electron chi connectivity index (χ2n) is 6.67. The lowest BCUT2D eigenvalue weighted by molar-refractivity contribution is -0.137. The summed E-state index contributed by atoms with van der Waals surface area (Å²) >= 11 is 0. The quantitative estimate of drug-likeness (QED) is 0.559. The van der Waals surface area contributed by atoms with Crippen molar-refractivity contribution in [2.75, 3.05) is 26.2 Å². The summed E-state index contributed by atoms with van der Waals surface area (Å²) in [5.41, 5.74) is 0.149. The van der Waals surface area contributed by atoms with Gasteiger partial charge in [0.25, 0.3) is 5.91 Å². The number of carbonyl (C=O) groups is 1. The smallest absolute Gasteiger partial charge is 0.329 e. The van der Waals surface area contributed by atoms with Crippen LogP contribution >= 0.6 is 0 Å². The van der Waals surface area contributed by atoms with E-state index in [4.69, 9.17) is 0 Å². The minimum absolute atomic E-state index is 0.0804. The molecule has 1 saturated heterocycles. The van der Waals surface area contributed by atoms with Gasteiger partial charge in [0.05, 0.1) is 5.56 Å². The first-order chi connectivity index (χ1) is 13.7. The molecule has 0 radical (unpaired) electrons. The van der Waals surface area contributed by atoms with Gasteiger partial charge in [-0.1, -0.05) is 18.1 Å². The van der Waals surface area contributed by atoms with Crippen LogP contribution in [0, 0.1) is 23.5 Å². The van der Waals surface area contributed by atoms with E-state index in [-0.39, 0.29) is 5.56 Å². The highest BCUT2D eigenvalue weighted by Gasteiger charge is 2.30. The van der Waals surface area contributed by atoms with Crippen LogP contribution in [0.1, 0.15) is 16.7 Å². The van der Waals surface area contributed by atoms with Gasteiger partial charge in [0, 0.05) is 50.3 Å². The standard InChI is InChI=1S/C21H17F5N2O/c22-18-11-16(12-19(23)13-18)3-6-20(29)28-9-7-27(8-10-28)14-15-1-4-17(5-2-15)21(24,25)26/h1-2,4-5,11-13H,7-10,14H2. The average Bonchev–Trinajstić information content (AvgIpc) is 2.66. The fraction of sp³-hybridized carbons (Fsp3) is 0.286. The van der Waals surface area contributed by atoms with E-state index in [1.165, 1.54) is 17.0 Å². The molecule has 152 valence electrons. The van der Waals surface area contributed by atoms with Gasteiger partial charge in [-0.2, -0.15) is 13.2 Å². The summed E-state index contributed by atoms with van der Waals surface area (Å²) in [6.45, 7) is 2.39. The average molecular weight is 408 g/mol. The third kappa shape index (κ3) is 5.78. The number of hydrogen-bond donors (Lipinski definition) is 0. The Labute approximate surface area is 164 Å². The fourth-order valence-electron chi connectivity index (χ4n) is 3.00. The van der Waals surface area contributed by atoms with Gasteiger partial charge in [-0.25, -0.2) is 8.78 Å². The number of piperazine rings is 1. The Bertz CT molecular complexity index is 916. The van der Waals surface area contributed by atoms with Crippen LogP contribution < -0.4 is 0 Å². The number of benzene rings is 2. The van der Waals surface area contributed by atoms with Gasteiger partial charge in [0.1, 0.15) is 11.6 Å². The van der Waals surface area contributed by atoms with Crippen molar-refractivity contribution in [2.45, 2.75) is 12.7 Å². The maximum atomic E-state index is 13.1. The van der Waals surface area contributed by atoms with Crippen molar-refractivity contribution in [3.05, 3.63) is 70.8 Å². The van der Waals surface area contributed by atoms with Crippen molar-refractivity contribution >= 4 is 5.91 Å². The van der Waals surface area contributed by atoms with E-state index in [9.17, 15) is 26.7 Å². The molecule has 0 unspecified atom stereocenters. The van der Waals surface area contributed by atoms with Gasteiger partial charge in [-0.3, -0.25) is 9.69 Å². The number of carbonyl (C=O) groups excluding carboxylic acids is 1. The predicted molar refractivity (Wildman–Crippen MR) is 96.5 cm³/mol. The second-order valence-corrected chi connectivity index (χ2v) is 6.67. The number of hydrogen-bond acceptors (Lipinski definition) is 2. The number of nitrogens with zero attached hydrogens (tertiary/aromatic N) is 2. The summed E-state index contributed by atoms with van der Waals surface area (Å²) in [5, 5.41) is 0. The topological polar surface area (TPSA) is 23.6 Å². The highest BCUT2D eigenvalue weighted by molar-refractivity contribution is 5.94. The largest absolute Gasteiger partial charge is 0.416 e. The van der Waals surface area contributed by atoms with Gasteiger partial charge in [-0.15, -0.1) is 0 Å². The molecular weight excluding hydrogens is 391 g/mol. The highest BCUT2D eigenvalue weighted by atomic mass is 19.4. The zero-order chi connectivity index (χ0) is 21.0. The first kappa shape index (κ1) is 20.8. The third-order valence-electron chi connectivity index (χ3n) is 4.52. The van der Waals surface area contributed by atoms with Gasteiger partial charge >= 0.3 is 6.18 Å². The molecule has 1 fully saturated rings. The molecule has 0 aliphatic carbocycles. The van der Waals surface area contributed by atoms with E-state index in [1.54, 1.807) is 0 Å². The first-order valence-corrected chi connectivity index (χ1v) is 8.86. The number of amides is 1. The van der Waals surface area contributed by atoms with Crippen molar-refractivity contribution in [3.8, 4) is 11.8 Å². The summed E-state index contributed by atoms with van der Waals surface area (Å²) in [5.74, 6) is 2.88. The molecule has 29 heavy (non-hydrogen) atoms. The molecule has 3 rings (SSSR count). The molecule has 2 aromatic rings. The van der Waals surface area contributed by atoms with Crippen LogP contribution in [0.25, 0.3) is 0 Å². The van der Waals surface area contributed by atoms with Crippen LogP contribution in [-0.2, 0) is 17.5 Å². The molecule has 8 heteroatoms. The number of halogens is 5. The molecular formula is C21H17F5N2O. The zero-order valence-electron chi connectivity index (χ0n) is 15.3. The molecule has 0 atom stereocenters. The van der Waals surface area contributed by atoms with Crippen molar-refractivity contribution in [1.29, 1.82) is 0 Å². The number of rotatable bonds is 2. The van der Waals surface area contributed by atoms with Crippen LogP contribution in [-0.4, -0.2) is 41.9 Å². The van der Waals surface area contributed by atoms with Crippen LogP contribution in [0.15, 0.2) is 42.5 Å². The molecule has 2 aromatic carbocycles. The SMILES string of the molecule is O=C(C#Cc1cc(F)cc(F)c1)N1CCN(Cc2ccc(C(F)(F)F)cc2)CC1. The molecule has 1 aliphatic rings. The fourth-order valence-corrected chi connectivity index (χ4v) is 3.00. The highest BCUT2D eigenvalue weighted by Crippen LogP contribution is 2.29. The van der Waals surface area contributed by atoms with Gasteiger partial charge in [-0.05, 0) is 29.8 Å². The first-order valence-electron chi connectivity index (χ1n) is 8.86. The van der Waals surface area contributed by atoms with E-state index in [0.29, 0.717) is 32.7 Å². The molecule has 1 amide bonds. The lowest BCUT2D eigenvalue weighted by Crippen LogP contribution is -2.47. The Morgan fingerprint density at radius 3 is 2.07 bits per heavy atom. The molecule has 3 nitrogen and oxygen atoms in total. The lowest BCUT2D eigenvalue weighted by Gasteiger charge is -2.33. The van der Waals surface area contributed by atoms with Crippen LogP contribution in [0.3, 0.4) is 0 Å². The van der Waals surface area contributed by atoms with E-state index in [1.807, 2.05) is 4.90 Å². The molecule has 0 saturated carbocycles. The zero-order valence-corrected chi connectivity index (χ0v) is 15.3. The molecule has 1 heterocycles. The second kappa shape index (κ2) is 8.62. The normalized spacial score (nSPS) is 15.0. The molecule has 0 bridgehead atoms. The summed E-state index contributed by atoms with van der Waals surface area (Å²) in [6.07, 6.45) is -4.36. The van der Waals surface area contributed by atoms with E-state index < -0.39 is 29.3 Å². The maximum Gasteiger partial charge on any atom is 0.416 e. The Morgan fingerprint density at radius 1 is 0.931 bits per heavy atom. The monoisotopic (exact) mass is 408 g/mol. The molecule has 0 aromatic heterocycles. The Balaban J connectivity index is 1.52. The molecule has 0 spiro atoms. The Morgan fingerprint density at radius 2 is 1.52 bits per heavy atom. The van der Waals surface area contributed by atoms with E-state index in [2.05, 4.69) is 11.8 Å². The van der Waals surface area contributed by atoms with Crippen LogP contribution in [0.4, 0.5) is 22.0 Å². The number of alkyl halides is 3.